The van der Waals surface area contributed by atoms with E-state index in [2.05, 4.69) is 0 Å². The Morgan fingerprint density at radius 3 is 2.14 bits per heavy atom. The van der Waals surface area contributed by atoms with Crippen molar-refractivity contribution < 1.29 is 29.7 Å². The Balaban J connectivity index is 2.00. The van der Waals surface area contributed by atoms with Crippen LogP contribution in [-0.2, 0) is 9.59 Å². The van der Waals surface area contributed by atoms with Crippen LogP contribution in [0.1, 0.15) is 33.6 Å². The molecule has 2 unspecified atom stereocenters. The molecule has 8 nitrogen and oxygen atoms in total. The minimum atomic E-state index is -1.55. The molecule has 0 aromatic heterocycles. The van der Waals surface area contributed by atoms with Crippen LogP contribution in [-0.4, -0.2) is 57.3 Å². The number of β-amino-alcohol motifs (C(OH)–C–C–N with tert-alkyl or cyclic N) is 1. The number of carboxylic acids is 1. The summed E-state index contributed by atoms with van der Waals surface area (Å²) in [5, 5.41) is 30.9. The van der Waals surface area contributed by atoms with Crippen LogP contribution in [0.2, 0.25) is 10.0 Å². The highest BCUT2D eigenvalue weighted by Crippen LogP contribution is 2.41. The van der Waals surface area contributed by atoms with Crippen molar-refractivity contribution in [3.63, 3.8) is 0 Å². The molecule has 1 heterocycles. The van der Waals surface area contributed by atoms with Crippen molar-refractivity contribution >= 4 is 69.3 Å². The van der Waals surface area contributed by atoms with E-state index in [-0.39, 0.29) is 23.4 Å². The molecule has 0 aliphatic carbocycles. The smallest absolute Gasteiger partial charge is 0.331 e. The maximum absolute atomic E-state index is 14.2. The number of fused-ring (bicyclic) bond motifs is 1. The van der Waals surface area contributed by atoms with Crippen molar-refractivity contribution in [3.05, 3.63) is 97.0 Å². The molecule has 1 aliphatic rings. The Morgan fingerprint density at radius 2 is 1.57 bits per heavy atom. The van der Waals surface area contributed by atoms with E-state index in [9.17, 15) is 29.7 Å². The van der Waals surface area contributed by atoms with Crippen LogP contribution < -0.4 is 4.90 Å². The summed E-state index contributed by atoms with van der Waals surface area (Å²) in [7, 11) is 0. The first-order valence-corrected chi connectivity index (χ1v) is 12.9. The van der Waals surface area contributed by atoms with Gasteiger partial charge in [0.2, 0.25) is 0 Å². The molecule has 0 saturated carbocycles. The number of amides is 2. The van der Waals surface area contributed by atoms with E-state index in [0.29, 0.717) is 19.2 Å². The molecule has 3 aromatic carbocycles. The second-order valence-electron chi connectivity index (χ2n) is 8.41. The van der Waals surface area contributed by atoms with E-state index >= 15 is 0 Å². The molecular formula is C26H21Cl2IN2O6. The predicted octanol–water partition coefficient (Wildman–Crippen LogP) is 4.31. The van der Waals surface area contributed by atoms with Crippen LogP contribution in [0.15, 0.2) is 66.7 Å². The zero-order valence-electron chi connectivity index (χ0n) is 19.1. The van der Waals surface area contributed by atoms with Crippen LogP contribution in [0.5, 0.6) is 0 Å². The number of carbonyl (C=O) groups is 3. The van der Waals surface area contributed by atoms with E-state index in [1.54, 1.807) is 42.5 Å². The number of aliphatic hydroxyl groups excluding tert-OH is 2. The fraction of sp³-hybridized carbons (Fsp3) is 0.192. The summed E-state index contributed by atoms with van der Waals surface area (Å²) < 4.78 is 0.683. The second-order valence-corrected chi connectivity index (χ2v) is 10.5. The van der Waals surface area contributed by atoms with Crippen LogP contribution in [0.4, 0.5) is 5.69 Å². The number of anilines is 1. The largest absolute Gasteiger partial charge is 0.479 e. The number of hydrogen-bond donors (Lipinski definition) is 3. The van der Waals surface area contributed by atoms with Gasteiger partial charge in [-0.25, -0.2) is 4.79 Å². The minimum Gasteiger partial charge on any atom is -0.479 e. The maximum atomic E-state index is 14.2. The van der Waals surface area contributed by atoms with Crippen molar-refractivity contribution in [1.82, 2.24) is 4.90 Å². The number of hydrogen-bond acceptors (Lipinski definition) is 5. The van der Waals surface area contributed by atoms with Gasteiger partial charge in [0.05, 0.1) is 30.5 Å². The Labute approximate surface area is 236 Å². The lowest BCUT2D eigenvalue weighted by atomic mass is 9.97. The van der Waals surface area contributed by atoms with Gasteiger partial charge in [-0.05, 0) is 76.2 Å². The fourth-order valence-corrected chi connectivity index (χ4v) is 5.04. The van der Waals surface area contributed by atoms with Crippen molar-refractivity contribution in [3.8, 4) is 0 Å². The van der Waals surface area contributed by atoms with E-state index in [1.165, 1.54) is 29.2 Å². The van der Waals surface area contributed by atoms with Crippen LogP contribution in [0, 0.1) is 3.57 Å². The third-order valence-electron chi connectivity index (χ3n) is 5.98. The van der Waals surface area contributed by atoms with Gasteiger partial charge in [-0.2, -0.15) is 0 Å². The Hall–Kier alpha value is -2.70. The Morgan fingerprint density at radius 1 is 0.973 bits per heavy atom. The summed E-state index contributed by atoms with van der Waals surface area (Å²) >= 11 is 14.1. The Kier molecular flexibility index (Phi) is 8.39. The molecule has 0 spiro atoms. The van der Waals surface area contributed by atoms with E-state index in [1.807, 2.05) is 22.6 Å². The minimum absolute atomic E-state index is 0.0852. The number of benzene rings is 3. The summed E-state index contributed by atoms with van der Waals surface area (Å²) in [5.74, 6) is -2.69. The van der Waals surface area contributed by atoms with E-state index < -0.39 is 42.6 Å². The predicted molar refractivity (Wildman–Crippen MR) is 147 cm³/mol. The SMILES string of the molecule is O=C(O)C(c1ccc(Cl)cc1)N1C(=O)c2cc(I)ccc2N(C[C@H](O)CO)C(=O)C1c1ccc(Cl)cc1. The molecule has 3 aromatic rings. The molecule has 0 bridgehead atoms. The number of halogens is 3. The lowest BCUT2D eigenvalue weighted by molar-refractivity contribution is -0.144. The zero-order valence-corrected chi connectivity index (χ0v) is 22.8. The standard InChI is InChI=1S/C26H21Cl2IN2O6/c27-16-5-1-14(2-6-16)22-25(35)30(12-19(33)13-32)21-10-9-18(29)11-20(21)24(34)31(22)23(26(36)37)15-3-7-17(28)8-4-15/h1-11,19,22-23,32-33H,12-13H2,(H,36,37)/t19-,22?,23?/m0/s1. The molecular weight excluding hydrogens is 634 g/mol. The van der Waals surface area contributed by atoms with Gasteiger partial charge in [0.1, 0.15) is 6.04 Å². The van der Waals surface area contributed by atoms with Crippen LogP contribution >= 0.6 is 45.8 Å². The molecule has 0 fully saturated rings. The van der Waals surface area contributed by atoms with Gasteiger partial charge in [0.25, 0.3) is 11.8 Å². The number of rotatable bonds is 7. The molecule has 4 rings (SSSR count). The maximum Gasteiger partial charge on any atom is 0.331 e. The highest BCUT2D eigenvalue weighted by Gasteiger charge is 2.46. The third kappa shape index (κ3) is 5.60. The molecule has 0 radical (unpaired) electrons. The molecule has 192 valence electrons. The summed E-state index contributed by atoms with van der Waals surface area (Å²) in [6.07, 6.45) is -1.30. The van der Waals surface area contributed by atoms with Gasteiger partial charge in [-0.15, -0.1) is 0 Å². The molecule has 2 amide bonds. The number of carbonyl (C=O) groups excluding carboxylic acids is 2. The van der Waals surface area contributed by atoms with Gasteiger partial charge >= 0.3 is 5.97 Å². The normalized spacial score (nSPS) is 17.3. The van der Waals surface area contributed by atoms with Gasteiger partial charge in [0.15, 0.2) is 6.04 Å². The number of carboxylic acid groups (broad SMARTS) is 1. The quantitative estimate of drug-likeness (QED) is 0.327. The average Bonchev–Trinajstić information content (AvgIpc) is 2.95. The van der Waals surface area contributed by atoms with Crippen LogP contribution in [0.25, 0.3) is 0 Å². The lowest BCUT2D eigenvalue weighted by Crippen LogP contribution is -2.47. The van der Waals surface area contributed by atoms with E-state index in [0.717, 1.165) is 4.90 Å². The van der Waals surface area contributed by atoms with Crippen molar-refractivity contribution in [1.29, 1.82) is 0 Å². The zero-order chi connectivity index (χ0) is 26.9. The van der Waals surface area contributed by atoms with Gasteiger partial charge in [-0.3, -0.25) is 9.59 Å². The van der Waals surface area contributed by atoms with Gasteiger partial charge in [0, 0.05) is 13.6 Å². The third-order valence-corrected chi connectivity index (χ3v) is 7.16. The monoisotopic (exact) mass is 654 g/mol. The average molecular weight is 655 g/mol. The second kappa shape index (κ2) is 11.4. The first-order valence-electron chi connectivity index (χ1n) is 11.1. The fourth-order valence-electron chi connectivity index (χ4n) is 4.30. The molecule has 0 saturated heterocycles. The molecule has 11 heteroatoms. The first kappa shape index (κ1) is 27.3. The van der Waals surface area contributed by atoms with E-state index in [4.69, 9.17) is 23.2 Å². The number of aliphatic hydroxyl groups is 2. The molecule has 3 N–H and O–H groups in total. The highest BCUT2D eigenvalue weighted by molar-refractivity contribution is 14.1. The van der Waals surface area contributed by atoms with Crippen molar-refractivity contribution in [2.75, 3.05) is 18.1 Å². The lowest BCUT2D eigenvalue weighted by Gasteiger charge is -2.35. The first-order chi connectivity index (χ1) is 17.6. The Bertz CT molecular complexity index is 1340. The topological polar surface area (TPSA) is 118 Å². The van der Waals surface area contributed by atoms with Gasteiger partial charge < -0.3 is 25.1 Å². The summed E-state index contributed by atoms with van der Waals surface area (Å²) in [6.45, 7) is -0.928. The molecule has 3 atom stereocenters. The van der Waals surface area contributed by atoms with Crippen molar-refractivity contribution in [2.45, 2.75) is 18.2 Å². The molecule has 1 aliphatic heterocycles. The van der Waals surface area contributed by atoms with Crippen LogP contribution in [0.3, 0.4) is 0 Å². The molecule has 37 heavy (non-hydrogen) atoms. The van der Waals surface area contributed by atoms with Crippen molar-refractivity contribution in [2.24, 2.45) is 0 Å². The number of aliphatic carboxylic acids is 1. The highest BCUT2D eigenvalue weighted by atomic mass is 127. The summed E-state index contributed by atoms with van der Waals surface area (Å²) in [6, 6.07) is 14.1. The summed E-state index contributed by atoms with van der Waals surface area (Å²) in [5.41, 5.74) is 0.855. The number of nitrogens with zero attached hydrogens (tertiary/aromatic N) is 2. The summed E-state index contributed by atoms with van der Waals surface area (Å²) in [4.78, 5) is 43.3. The van der Waals surface area contributed by atoms with Gasteiger partial charge in [-0.1, -0.05) is 47.5 Å².